The van der Waals surface area contributed by atoms with E-state index >= 15 is 0 Å². The van der Waals surface area contributed by atoms with Gasteiger partial charge in [-0.3, -0.25) is 14.9 Å². The number of anilines is 1. The average Bonchev–Trinajstić information content (AvgIpc) is 3.79. The molecule has 5 N–H and O–H groups in total. The van der Waals surface area contributed by atoms with Crippen molar-refractivity contribution in [3.8, 4) is 33.6 Å². The van der Waals surface area contributed by atoms with Crippen LogP contribution in [0.25, 0.3) is 55.7 Å². The molecule has 1 atom stereocenters. The molecule has 1 amide bonds. The monoisotopic (exact) mass is 624 g/mol. The summed E-state index contributed by atoms with van der Waals surface area (Å²) in [6.45, 7) is 0. The first kappa shape index (κ1) is 28.7. The first-order valence-electron chi connectivity index (χ1n) is 14.5. The Morgan fingerprint density at radius 1 is 1.00 bits per heavy atom. The van der Waals surface area contributed by atoms with Gasteiger partial charge in [0.15, 0.2) is 15.5 Å². The van der Waals surface area contributed by atoms with Crippen LogP contribution in [-0.2, 0) is 14.6 Å². The fourth-order valence-corrected chi connectivity index (χ4v) is 6.58. The molecule has 228 valence electrons. The van der Waals surface area contributed by atoms with Gasteiger partial charge in [0.05, 0.1) is 23.3 Å². The molecule has 45 heavy (non-hydrogen) atoms. The Kier molecular flexibility index (Phi) is 7.13. The highest BCUT2D eigenvalue weighted by atomic mass is 32.2. The second-order valence-corrected chi connectivity index (χ2v) is 13.6. The number of aromatic nitrogens is 6. The Morgan fingerprint density at radius 2 is 1.80 bits per heavy atom. The number of carbonyl (C=O) groups is 1. The number of hydrogen-bond acceptors (Lipinski definition) is 8. The van der Waals surface area contributed by atoms with Crippen molar-refractivity contribution in [1.82, 2.24) is 30.1 Å². The van der Waals surface area contributed by atoms with Gasteiger partial charge in [0.1, 0.15) is 16.8 Å². The van der Waals surface area contributed by atoms with Gasteiger partial charge in [-0.05, 0) is 72.0 Å². The van der Waals surface area contributed by atoms with Crippen LogP contribution in [0.1, 0.15) is 36.6 Å². The van der Waals surface area contributed by atoms with Crippen LogP contribution in [0.2, 0.25) is 0 Å². The van der Waals surface area contributed by atoms with Crippen molar-refractivity contribution in [1.29, 1.82) is 0 Å². The van der Waals surface area contributed by atoms with Gasteiger partial charge in [-0.15, -0.1) is 0 Å². The second kappa shape index (κ2) is 11.2. The minimum atomic E-state index is -3.64. The third kappa shape index (κ3) is 5.56. The molecular formula is C32H29FN8O3S. The highest BCUT2D eigenvalue weighted by Crippen LogP contribution is 2.35. The number of aromatic amines is 2. The molecule has 0 spiro atoms. The van der Waals surface area contributed by atoms with E-state index < -0.39 is 21.0 Å². The van der Waals surface area contributed by atoms with Crippen LogP contribution in [0.3, 0.4) is 0 Å². The van der Waals surface area contributed by atoms with Gasteiger partial charge in [-0.25, -0.2) is 22.8 Å². The van der Waals surface area contributed by atoms with Crippen LogP contribution in [0, 0.1) is 11.7 Å². The number of carbonyl (C=O) groups excluding carboxylic acids is 1. The molecule has 1 aromatic carbocycles. The maximum Gasteiger partial charge on any atom is 0.227 e. The first-order valence-corrected chi connectivity index (χ1v) is 16.4. The van der Waals surface area contributed by atoms with Crippen molar-refractivity contribution in [2.24, 2.45) is 11.7 Å². The molecule has 1 aliphatic carbocycles. The Bertz CT molecular complexity index is 2210. The van der Waals surface area contributed by atoms with E-state index in [4.69, 9.17) is 5.73 Å². The quantitative estimate of drug-likeness (QED) is 0.180. The lowest BCUT2D eigenvalue weighted by Gasteiger charge is -2.12. The molecule has 1 fully saturated rings. The van der Waals surface area contributed by atoms with E-state index in [9.17, 15) is 17.6 Å². The minimum Gasteiger partial charge on any atom is -0.338 e. The molecule has 1 aliphatic rings. The average molecular weight is 625 g/mol. The molecular weight excluding hydrogens is 595 g/mol. The van der Waals surface area contributed by atoms with Crippen LogP contribution in [0.4, 0.5) is 10.1 Å². The summed E-state index contributed by atoms with van der Waals surface area (Å²) in [7, 11) is -3.64. The number of benzene rings is 1. The maximum absolute atomic E-state index is 14.7. The molecule has 0 aliphatic heterocycles. The zero-order valence-corrected chi connectivity index (χ0v) is 25.0. The summed E-state index contributed by atoms with van der Waals surface area (Å²) >= 11 is 0. The summed E-state index contributed by atoms with van der Waals surface area (Å²) < 4.78 is 38.8. The molecule has 0 bridgehead atoms. The van der Waals surface area contributed by atoms with Crippen molar-refractivity contribution in [3.05, 3.63) is 78.6 Å². The van der Waals surface area contributed by atoms with E-state index in [1.54, 1.807) is 36.9 Å². The molecule has 7 rings (SSSR count). The number of hydrogen-bond donors (Lipinski definition) is 4. The molecule has 6 aromatic rings. The van der Waals surface area contributed by atoms with Gasteiger partial charge >= 0.3 is 0 Å². The molecule has 11 nitrogen and oxygen atoms in total. The number of sulfone groups is 1. The zero-order valence-electron chi connectivity index (χ0n) is 24.2. The molecule has 0 radical (unpaired) electrons. The summed E-state index contributed by atoms with van der Waals surface area (Å²) in [5.74, 6) is -0.534. The SMILES string of the molecule is CS(=O)(=O)C(N)c1cc(F)cc(-c2ccnc3[nH]c(-c4[nH]nc5ncc(-c6cncc(NC(=O)C7CCCC7)c6)cc45)cc23)c1. The maximum atomic E-state index is 14.7. The molecule has 5 heterocycles. The Balaban J connectivity index is 1.25. The van der Waals surface area contributed by atoms with Crippen molar-refractivity contribution < 1.29 is 17.6 Å². The number of H-pyrrole nitrogens is 2. The zero-order chi connectivity index (χ0) is 31.3. The third-order valence-electron chi connectivity index (χ3n) is 8.30. The normalized spacial score (nSPS) is 14.7. The van der Waals surface area contributed by atoms with E-state index in [0.717, 1.165) is 54.5 Å². The van der Waals surface area contributed by atoms with Gasteiger partial charge in [0.25, 0.3) is 0 Å². The number of halogens is 1. The van der Waals surface area contributed by atoms with E-state index in [2.05, 4.69) is 35.5 Å². The number of fused-ring (bicyclic) bond motifs is 2. The molecule has 1 saturated carbocycles. The number of rotatable bonds is 7. The summed E-state index contributed by atoms with van der Waals surface area (Å²) in [6, 6.07) is 11.5. The predicted octanol–water partition coefficient (Wildman–Crippen LogP) is 5.50. The Hall–Kier alpha value is -5.01. The highest BCUT2D eigenvalue weighted by molar-refractivity contribution is 7.90. The highest BCUT2D eigenvalue weighted by Gasteiger charge is 2.23. The lowest BCUT2D eigenvalue weighted by molar-refractivity contribution is -0.119. The van der Waals surface area contributed by atoms with E-state index in [1.165, 1.54) is 6.07 Å². The standard InChI is InChI=1S/C32H29FN8O3S/c1-45(43,44)29(34)19-8-18(9-22(33)10-19)24-6-7-36-30-25(24)13-27(39-30)28-26-12-21(15-37-31(26)41-40-28)20-11-23(16-35-14-20)38-32(42)17-4-2-3-5-17/h6-17,29H,2-5,34H2,1H3,(H,36,39)(H,38,42)(H,37,40,41). The fourth-order valence-electron chi connectivity index (χ4n) is 5.95. The second-order valence-electron chi connectivity index (χ2n) is 11.5. The van der Waals surface area contributed by atoms with Crippen LogP contribution in [-0.4, -0.2) is 50.7 Å². The summed E-state index contributed by atoms with van der Waals surface area (Å²) in [6.07, 6.45) is 11.6. The van der Waals surface area contributed by atoms with E-state index in [-0.39, 0.29) is 17.4 Å². The largest absolute Gasteiger partial charge is 0.338 e. The van der Waals surface area contributed by atoms with Crippen molar-refractivity contribution in [2.75, 3.05) is 11.6 Å². The lowest BCUT2D eigenvalue weighted by Crippen LogP contribution is -2.20. The van der Waals surface area contributed by atoms with Crippen molar-refractivity contribution in [2.45, 2.75) is 31.1 Å². The molecule has 1 unspecified atom stereocenters. The summed E-state index contributed by atoms with van der Waals surface area (Å²) in [5, 5.41) is 10.5. The molecule has 5 aromatic heterocycles. The Labute approximate surface area is 257 Å². The predicted molar refractivity (Wildman–Crippen MR) is 170 cm³/mol. The topological polar surface area (TPSA) is 172 Å². The van der Waals surface area contributed by atoms with Crippen LogP contribution >= 0.6 is 0 Å². The summed E-state index contributed by atoms with van der Waals surface area (Å²) in [4.78, 5) is 29.3. The van der Waals surface area contributed by atoms with Crippen LogP contribution < -0.4 is 11.1 Å². The number of nitrogens with zero attached hydrogens (tertiary/aromatic N) is 4. The van der Waals surface area contributed by atoms with Crippen LogP contribution in [0.5, 0.6) is 0 Å². The first-order chi connectivity index (χ1) is 21.6. The van der Waals surface area contributed by atoms with E-state index in [0.29, 0.717) is 44.9 Å². The molecule has 0 saturated heterocycles. The number of amides is 1. The van der Waals surface area contributed by atoms with Gasteiger partial charge in [-0.1, -0.05) is 12.8 Å². The van der Waals surface area contributed by atoms with Crippen LogP contribution in [0.15, 0.2) is 67.3 Å². The fraction of sp³-hybridized carbons (Fsp3) is 0.219. The van der Waals surface area contributed by atoms with Gasteiger partial charge in [0.2, 0.25) is 5.91 Å². The van der Waals surface area contributed by atoms with E-state index in [1.807, 2.05) is 18.2 Å². The number of nitrogens with two attached hydrogens (primary N) is 1. The summed E-state index contributed by atoms with van der Waals surface area (Å²) in [5.41, 5.74) is 11.8. The van der Waals surface area contributed by atoms with Gasteiger partial charge < -0.3 is 16.0 Å². The van der Waals surface area contributed by atoms with Gasteiger partial charge in [0, 0.05) is 52.7 Å². The van der Waals surface area contributed by atoms with Crippen molar-refractivity contribution >= 4 is 43.5 Å². The third-order valence-corrected chi connectivity index (χ3v) is 9.49. The smallest absolute Gasteiger partial charge is 0.227 e. The van der Waals surface area contributed by atoms with Gasteiger partial charge in [-0.2, -0.15) is 5.10 Å². The number of nitrogens with one attached hydrogen (secondary N) is 3. The van der Waals surface area contributed by atoms with Crippen molar-refractivity contribution in [3.63, 3.8) is 0 Å². The molecule has 13 heteroatoms. The number of pyridine rings is 3. The lowest BCUT2D eigenvalue weighted by atomic mass is 10.0. The minimum absolute atomic E-state index is 0.0247. The Morgan fingerprint density at radius 3 is 2.60 bits per heavy atom.